The number of carbonyl (C=O) groups is 5. The van der Waals surface area contributed by atoms with Gasteiger partial charge in [0.2, 0.25) is 29.5 Å². The van der Waals surface area contributed by atoms with E-state index in [1.165, 1.54) is 31.0 Å². The van der Waals surface area contributed by atoms with Crippen LogP contribution in [0.2, 0.25) is 0 Å². The molecular weight excluding hydrogens is 775 g/mol. The summed E-state index contributed by atoms with van der Waals surface area (Å²) in [5, 5.41) is 11.4. The number of nitrogens with two attached hydrogens (primary N) is 3. The summed E-state index contributed by atoms with van der Waals surface area (Å²) in [6, 6.07) is -3.78. The lowest BCUT2D eigenvalue weighted by molar-refractivity contribution is -0.143. The van der Waals surface area contributed by atoms with Crippen molar-refractivity contribution in [3.05, 3.63) is 0 Å². The molecule has 10 N–H and O–H groups in total. The topological polar surface area (TPSA) is 246 Å². The first-order valence-electron chi connectivity index (χ1n) is 22.4. The lowest BCUT2D eigenvalue weighted by Gasteiger charge is -2.55. The zero-order valence-corrected chi connectivity index (χ0v) is 36.5. The van der Waals surface area contributed by atoms with E-state index in [2.05, 4.69) is 26.3 Å². The molecule has 2 saturated heterocycles. The van der Waals surface area contributed by atoms with E-state index in [1.54, 1.807) is 11.9 Å². The van der Waals surface area contributed by atoms with Gasteiger partial charge in [-0.1, -0.05) is 52.4 Å². The molecule has 2 heterocycles. The molecule has 0 aromatic carbocycles. The van der Waals surface area contributed by atoms with Crippen LogP contribution in [0.15, 0.2) is 4.99 Å². The molecule has 8 atom stereocenters. The van der Waals surface area contributed by atoms with Crippen molar-refractivity contribution in [2.75, 3.05) is 26.8 Å². The minimum atomic E-state index is -1.19. The Morgan fingerprint density at radius 1 is 0.915 bits per heavy atom. The Labute approximate surface area is 354 Å². The summed E-state index contributed by atoms with van der Waals surface area (Å²) < 4.78 is 11.7. The van der Waals surface area contributed by atoms with Crippen molar-refractivity contribution in [1.82, 2.24) is 26.2 Å². The average Bonchev–Trinajstić information content (AvgIpc) is 3.94. The van der Waals surface area contributed by atoms with Crippen LogP contribution in [0.25, 0.3) is 0 Å². The van der Waals surface area contributed by atoms with Crippen LogP contribution in [0, 0.1) is 23.2 Å². The van der Waals surface area contributed by atoms with Gasteiger partial charge >= 0.3 is 0 Å². The number of rotatable bonds is 10. The van der Waals surface area contributed by atoms with Crippen molar-refractivity contribution < 1.29 is 33.4 Å². The molecule has 5 amide bonds. The summed E-state index contributed by atoms with van der Waals surface area (Å²) in [4.78, 5) is 76.9. The minimum absolute atomic E-state index is 0.00105. The third-order valence-corrected chi connectivity index (χ3v) is 15.8. The van der Waals surface area contributed by atoms with E-state index < -0.39 is 64.0 Å². The highest BCUT2D eigenvalue weighted by molar-refractivity contribution is 8.09. The second-order valence-electron chi connectivity index (χ2n) is 18.7. The van der Waals surface area contributed by atoms with Gasteiger partial charge in [-0.25, -0.2) is 0 Å². The van der Waals surface area contributed by atoms with Crippen molar-refractivity contribution >= 4 is 47.3 Å². The van der Waals surface area contributed by atoms with Gasteiger partial charge in [-0.15, -0.1) is 11.8 Å². The fourth-order valence-electron chi connectivity index (χ4n) is 10.3. The molecule has 0 radical (unpaired) electrons. The summed E-state index contributed by atoms with van der Waals surface area (Å²) in [6.07, 6.45) is 14.0. The molecule has 332 valence electrons. The van der Waals surface area contributed by atoms with Crippen LogP contribution in [0.4, 0.5) is 0 Å². The third kappa shape index (κ3) is 10.8. The molecule has 6 unspecified atom stereocenters. The summed E-state index contributed by atoms with van der Waals surface area (Å²) in [5.74, 6) is -2.19. The highest BCUT2D eigenvalue weighted by Gasteiger charge is 2.64. The monoisotopic (exact) mass is 846 g/mol. The number of thioether (sulfide) groups is 1. The number of ether oxygens (including phenoxy) is 2. The van der Waals surface area contributed by atoms with Gasteiger partial charge in [0.05, 0.1) is 37.4 Å². The molecule has 4 aliphatic carbocycles. The van der Waals surface area contributed by atoms with Crippen molar-refractivity contribution in [1.29, 1.82) is 0 Å². The number of fused-ring (bicyclic) bond motifs is 1. The smallest absolute Gasteiger partial charge is 0.245 e. The normalized spacial score (nSPS) is 36.6. The van der Waals surface area contributed by atoms with Crippen molar-refractivity contribution in [3.63, 3.8) is 0 Å². The Balaban J connectivity index is 1.26. The SMILES string of the molecule is CCCC12SC1N(C)C(=O)C(C)[C@@H](CC1CC3(CCC3)C1)OC[C@@H](C)NC(=O)C(COC1CC(N=C(N)N)C1)NC(=O)C(CN)NC(=O)C(C1CCCCCC1)NC2=O. The molecule has 16 nitrogen and oxygen atoms in total. The quantitative estimate of drug-likeness (QED) is 0.0723. The standard InChI is InChI=1S/C42H71N9O7S/c1-5-13-42-38(56)50-33(27-11-8-6-7-9-12-27)36(54)48-30(21-43)34(52)49-31(23-57-29-17-28(18-29)47-40(44)45)35(53)46-24(2)22-58-32(16-26-19-41(20-26)14-10-15-41)25(3)37(55)51(4)39(42)59-42/h24-33,39H,5-23,43H2,1-4H3,(H,46,53)(H,48,54)(H,49,52)(H,50,56)(H4,44,45,47)/t24-,25?,28?,29?,30?,31?,32-,33?,39?,42?/m1/s1. The Kier molecular flexibility index (Phi) is 15.2. The second-order valence-corrected chi connectivity index (χ2v) is 20.1. The molecule has 6 rings (SSSR count). The number of hydrogen-bond donors (Lipinski definition) is 7. The number of nitrogens with zero attached hydrogens (tertiary/aromatic N) is 2. The molecule has 0 aromatic heterocycles. The summed E-state index contributed by atoms with van der Waals surface area (Å²) in [7, 11) is 1.77. The Morgan fingerprint density at radius 2 is 1.58 bits per heavy atom. The number of guanidine groups is 1. The van der Waals surface area contributed by atoms with Crippen LogP contribution in [0.3, 0.4) is 0 Å². The minimum Gasteiger partial charge on any atom is -0.375 e. The molecule has 6 fully saturated rings. The molecule has 59 heavy (non-hydrogen) atoms. The maximum absolute atomic E-state index is 14.5. The van der Waals surface area contributed by atoms with Crippen molar-refractivity contribution in [3.8, 4) is 0 Å². The molecule has 4 saturated carbocycles. The van der Waals surface area contributed by atoms with Crippen molar-refractivity contribution in [2.45, 2.75) is 176 Å². The van der Waals surface area contributed by atoms with E-state index in [9.17, 15) is 24.0 Å². The molecule has 1 spiro atoms. The third-order valence-electron chi connectivity index (χ3n) is 14.0. The van der Waals surface area contributed by atoms with Gasteiger partial charge in [0, 0.05) is 19.6 Å². The number of amides is 5. The van der Waals surface area contributed by atoms with Gasteiger partial charge in [-0.3, -0.25) is 29.0 Å². The fourth-order valence-corrected chi connectivity index (χ4v) is 11.7. The van der Waals surface area contributed by atoms with Gasteiger partial charge < -0.3 is 52.8 Å². The van der Waals surface area contributed by atoms with Crippen LogP contribution in [-0.4, -0.2) is 120 Å². The summed E-state index contributed by atoms with van der Waals surface area (Å²) in [6.45, 7) is 5.52. The number of nitrogens with one attached hydrogen (secondary N) is 4. The van der Waals surface area contributed by atoms with Crippen LogP contribution >= 0.6 is 11.8 Å². The van der Waals surface area contributed by atoms with Crippen LogP contribution in [-0.2, 0) is 33.4 Å². The average molecular weight is 846 g/mol. The maximum Gasteiger partial charge on any atom is 0.245 e. The van der Waals surface area contributed by atoms with Crippen LogP contribution in [0.5, 0.6) is 0 Å². The highest BCUT2D eigenvalue weighted by atomic mass is 32.2. The first-order chi connectivity index (χ1) is 28.2. The Bertz CT molecular complexity index is 1540. The molecule has 0 aromatic rings. The number of carbonyl (C=O) groups excluding carboxylic acids is 5. The predicted molar refractivity (Wildman–Crippen MR) is 227 cm³/mol. The Hall–Kier alpha value is -3.15. The lowest BCUT2D eigenvalue weighted by Crippen LogP contribution is -2.62. The largest absolute Gasteiger partial charge is 0.375 e. The Morgan fingerprint density at radius 3 is 2.19 bits per heavy atom. The van der Waals surface area contributed by atoms with E-state index in [0.29, 0.717) is 37.0 Å². The highest BCUT2D eigenvalue weighted by Crippen LogP contribution is 2.60. The van der Waals surface area contributed by atoms with E-state index in [1.807, 2.05) is 20.8 Å². The van der Waals surface area contributed by atoms with Gasteiger partial charge in [0.15, 0.2) is 5.96 Å². The van der Waals surface area contributed by atoms with Gasteiger partial charge in [-0.2, -0.15) is 0 Å². The molecule has 2 aliphatic heterocycles. The molecule has 0 bridgehead atoms. The zero-order valence-electron chi connectivity index (χ0n) is 35.7. The molecule has 17 heteroatoms. The number of aliphatic imine (C=N–C) groups is 1. The van der Waals surface area contributed by atoms with Gasteiger partial charge in [0.25, 0.3) is 0 Å². The van der Waals surface area contributed by atoms with E-state index in [-0.39, 0.29) is 55.6 Å². The predicted octanol–water partition coefficient (Wildman–Crippen LogP) is 1.77. The second kappa shape index (κ2) is 19.7. The van der Waals surface area contributed by atoms with Crippen LogP contribution < -0.4 is 38.5 Å². The molecular formula is C42H71N9O7S. The zero-order chi connectivity index (χ0) is 42.5. The van der Waals surface area contributed by atoms with Crippen molar-refractivity contribution in [2.24, 2.45) is 45.4 Å². The number of hydrogen-bond acceptors (Lipinski definition) is 10. The summed E-state index contributed by atoms with van der Waals surface area (Å²) >= 11 is 1.46. The van der Waals surface area contributed by atoms with E-state index >= 15 is 0 Å². The van der Waals surface area contributed by atoms with E-state index in [0.717, 1.165) is 57.8 Å². The first-order valence-corrected chi connectivity index (χ1v) is 23.2. The first kappa shape index (κ1) is 45.4. The summed E-state index contributed by atoms with van der Waals surface area (Å²) in [5.41, 5.74) is 17.7. The fraction of sp³-hybridized carbons (Fsp3) is 0.857. The van der Waals surface area contributed by atoms with Gasteiger partial charge in [0.1, 0.15) is 28.2 Å². The van der Waals surface area contributed by atoms with E-state index in [4.69, 9.17) is 26.7 Å². The lowest BCUT2D eigenvalue weighted by atomic mass is 9.51. The van der Waals surface area contributed by atoms with Crippen LogP contribution in [0.1, 0.15) is 124 Å². The maximum atomic E-state index is 14.5. The van der Waals surface area contributed by atoms with Gasteiger partial charge in [-0.05, 0) is 88.4 Å². The molecule has 6 aliphatic rings.